The van der Waals surface area contributed by atoms with E-state index in [4.69, 9.17) is 5.11 Å². The quantitative estimate of drug-likeness (QED) is 0.593. The smallest absolute Gasteiger partial charge is 0.305 e. The molecule has 136 valence electrons. The Morgan fingerprint density at radius 1 is 1.04 bits per heavy atom. The molecule has 27 heavy (non-hydrogen) atoms. The third kappa shape index (κ3) is 3.10. The molecule has 6 heteroatoms. The van der Waals surface area contributed by atoms with Crippen molar-refractivity contribution in [3.63, 3.8) is 0 Å². The lowest BCUT2D eigenvalue weighted by molar-refractivity contribution is -0.137. The van der Waals surface area contributed by atoms with Crippen molar-refractivity contribution < 1.29 is 9.90 Å². The minimum Gasteiger partial charge on any atom is -0.481 e. The Morgan fingerprint density at radius 3 is 2.44 bits per heavy atom. The van der Waals surface area contributed by atoms with Crippen molar-refractivity contribution in [3.8, 4) is 0 Å². The van der Waals surface area contributed by atoms with Gasteiger partial charge in [0.2, 0.25) is 0 Å². The Kier molecular flexibility index (Phi) is 4.24. The molecule has 0 spiro atoms. The number of aliphatic carboxylic acids is 1. The highest BCUT2D eigenvalue weighted by Crippen LogP contribution is 2.24. The fourth-order valence-corrected chi connectivity index (χ4v) is 3.54. The summed E-state index contributed by atoms with van der Waals surface area (Å²) in [5.41, 5.74) is 2.77. The summed E-state index contributed by atoms with van der Waals surface area (Å²) in [5.74, 6) is -0.951. The number of hydrogen-bond donors (Lipinski definition) is 1. The molecule has 6 nitrogen and oxygen atoms in total. The third-order valence-corrected chi connectivity index (χ3v) is 4.82. The number of benzene rings is 2. The summed E-state index contributed by atoms with van der Waals surface area (Å²) in [6.45, 7) is 0.0571. The molecule has 2 aromatic heterocycles. The van der Waals surface area contributed by atoms with Gasteiger partial charge in [-0.3, -0.25) is 9.59 Å². The molecule has 0 aliphatic heterocycles. The summed E-state index contributed by atoms with van der Waals surface area (Å²) in [6.07, 6.45) is 2.50. The van der Waals surface area contributed by atoms with Gasteiger partial charge in [0.05, 0.1) is 24.0 Å². The second-order valence-corrected chi connectivity index (χ2v) is 6.62. The van der Waals surface area contributed by atoms with Crippen LogP contribution in [-0.2, 0) is 24.8 Å². The van der Waals surface area contributed by atoms with E-state index >= 15 is 0 Å². The van der Waals surface area contributed by atoms with Crippen LogP contribution < -0.4 is 5.56 Å². The van der Waals surface area contributed by atoms with Gasteiger partial charge in [-0.15, -0.1) is 0 Å². The van der Waals surface area contributed by atoms with Crippen LogP contribution in [0.3, 0.4) is 0 Å². The van der Waals surface area contributed by atoms with E-state index in [0.29, 0.717) is 11.8 Å². The van der Waals surface area contributed by atoms with Gasteiger partial charge in [-0.05, 0) is 17.7 Å². The first-order chi connectivity index (χ1) is 13.0. The number of fused-ring (bicyclic) bond motifs is 2. The first-order valence-electron chi connectivity index (χ1n) is 8.78. The van der Waals surface area contributed by atoms with Gasteiger partial charge in [0.1, 0.15) is 0 Å². The molecule has 2 heterocycles. The molecule has 0 saturated heterocycles. The zero-order valence-corrected chi connectivity index (χ0v) is 14.9. The van der Waals surface area contributed by atoms with Crippen molar-refractivity contribution in [2.75, 3.05) is 0 Å². The van der Waals surface area contributed by atoms with E-state index in [2.05, 4.69) is 28.0 Å². The summed E-state index contributed by atoms with van der Waals surface area (Å²) >= 11 is 0. The van der Waals surface area contributed by atoms with E-state index in [1.807, 2.05) is 37.4 Å². The molecule has 0 fully saturated rings. The lowest BCUT2D eigenvalue weighted by Crippen LogP contribution is -2.26. The molecule has 4 rings (SSSR count). The molecule has 0 unspecified atom stereocenters. The molecular formula is C21H19N3O3. The summed E-state index contributed by atoms with van der Waals surface area (Å²) in [4.78, 5) is 23.6. The Hall–Kier alpha value is -3.41. The van der Waals surface area contributed by atoms with Gasteiger partial charge in [0, 0.05) is 36.0 Å². The molecule has 0 radical (unpaired) electrons. The maximum Gasteiger partial charge on any atom is 0.305 e. The number of carboxylic acid groups (broad SMARTS) is 1. The van der Waals surface area contributed by atoms with Crippen LogP contribution in [-0.4, -0.2) is 25.4 Å². The maximum absolute atomic E-state index is 12.7. The number of carboxylic acids is 1. The number of hydrogen-bond acceptors (Lipinski definition) is 3. The first kappa shape index (κ1) is 17.0. The highest BCUT2D eigenvalue weighted by molar-refractivity contribution is 5.87. The van der Waals surface area contributed by atoms with Crippen molar-refractivity contribution >= 4 is 27.6 Å². The molecule has 0 amide bonds. The number of rotatable bonds is 5. The highest BCUT2D eigenvalue weighted by Gasteiger charge is 2.14. The zero-order valence-electron chi connectivity index (χ0n) is 14.9. The van der Waals surface area contributed by atoms with Gasteiger partial charge in [-0.2, -0.15) is 5.10 Å². The zero-order chi connectivity index (χ0) is 19.0. The minimum atomic E-state index is -0.951. The van der Waals surface area contributed by atoms with Gasteiger partial charge in [0.15, 0.2) is 0 Å². The van der Waals surface area contributed by atoms with Crippen molar-refractivity contribution in [1.29, 1.82) is 0 Å². The highest BCUT2D eigenvalue weighted by atomic mass is 16.4. The predicted molar refractivity (Wildman–Crippen MR) is 104 cm³/mol. The topological polar surface area (TPSA) is 77.1 Å². The van der Waals surface area contributed by atoms with Crippen LogP contribution in [0.15, 0.2) is 59.5 Å². The summed E-state index contributed by atoms with van der Waals surface area (Å²) in [6, 6.07) is 15.5. The molecule has 4 aromatic rings. The van der Waals surface area contributed by atoms with Crippen LogP contribution >= 0.6 is 0 Å². The van der Waals surface area contributed by atoms with Crippen LogP contribution in [0.2, 0.25) is 0 Å². The third-order valence-electron chi connectivity index (χ3n) is 4.82. The molecule has 2 aromatic carbocycles. The average molecular weight is 361 g/mol. The van der Waals surface area contributed by atoms with Crippen LogP contribution in [0, 0.1) is 0 Å². The van der Waals surface area contributed by atoms with Gasteiger partial charge >= 0.3 is 5.97 Å². The van der Waals surface area contributed by atoms with Gasteiger partial charge < -0.3 is 9.67 Å². The summed E-state index contributed by atoms with van der Waals surface area (Å²) in [7, 11) is 2.01. The monoisotopic (exact) mass is 361 g/mol. The van der Waals surface area contributed by atoms with E-state index in [9.17, 15) is 9.59 Å². The standard InChI is InChI=1S/C21H19N3O3/c1-23-13-14(15-6-4-5-9-19(15)23)12-18-16-7-2-3-8-17(16)21(27)24(22-18)11-10-20(25)26/h2-9,13H,10-12H2,1H3,(H,25,26). The number of aromatic nitrogens is 3. The van der Waals surface area contributed by atoms with E-state index < -0.39 is 5.97 Å². The fourth-order valence-electron chi connectivity index (χ4n) is 3.54. The number of aryl methyl sites for hydroxylation is 2. The lowest BCUT2D eigenvalue weighted by Gasteiger charge is -2.10. The van der Waals surface area contributed by atoms with E-state index in [-0.39, 0.29) is 18.5 Å². The number of carbonyl (C=O) groups is 1. The largest absolute Gasteiger partial charge is 0.481 e. The van der Waals surface area contributed by atoms with Crippen molar-refractivity contribution in [2.45, 2.75) is 19.4 Å². The molecule has 0 aliphatic carbocycles. The molecule has 0 bridgehead atoms. The van der Waals surface area contributed by atoms with Crippen LogP contribution in [0.5, 0.6) is 0 Å². The molecule has 0 saturated carbocycles. The molecule has 0 aliphatic rings. The predicted octanol–water partition coefficient (Wildman–Crippen LogP) is 2.95. The number of nitrogens with zero attached hydrogens (tertiary/aromatic N) is 3. The Balaban J connectivity index is 1.86. The second-order valence-electron chi connectivity index (χ2n) is 6.62. The molecule has 0 atom stereocenters. The Morgan fingerprint density at radius 2 is 1.70 bits per heavy atom. The Bertz CT molecular complexity index is 1220. The molecular weight excluding hydrogens is 342 g/mol. The van der Waals surface area contributed by atoms with Gasteiger partial charge in [-0.1, -0.05) is 36.4 Å². The summed E-state index contributed by atoms with van der Waals surface area (Å²) in [5, 5.41) is 16.0. The first-order valence-corrected chi connectivity index (χ1v) is 8.78. The minimum absolute atomic E-state index is 0.0571. The van der Waals surface area contributed by atoms with E-state index in [0.717, 1.165) is 27.5 Å². The van der Waals surface area contributed by atoms with Crippen LogP contribution in [0.4, 0.5) is 0 Å². The van der Waals surface area contributed by atoms with E-state index in [1.165, 1.54) is 4.68 Å². The summed E-state index contributed by atoms with van der Waals surface area (Å²) < 4.78 is 3.35. The SMILES string of the molecule is Cn1cc(Cc2nn(CCC(=O)O)c(=O)c3ccccc23)c2ccccc21. The Labute approximate surface area is 155 Å². The number of para-hydroxylation sites is 1. The van der Waals surface area contributed by atoms with Crippen molar-refractivity contribution in [3.05, 3.63) is 76.3 Å². The van der Waals surface area contributed by atoms with Gasteiger partial charge in [-0.25, -0.2) is 4.68 Å². The lowest BCUT2D eigenvalue weighted by atomic mass is 10.0. The average Bonchev–Trinajstić information content (AvgIpc) is 2.99. The normalized spacial score (nSPS) is 11.3. The van der Waals surface area contributed by atoms with Crippen LogP contribution in [0.25, 0.3) is 21.7 Å². The second kappa shape index (κ2) is 6.72. The maximum atomic E-state index is 12.7. The van der Waals surface area contributed by atoms with Crippen molar-refractivity contribution in [1.82, 2.24) is 14.3 Å². The van der Waals surface area contributed by atoms with Crippen LogP contribution in [0.1, 0.15) is 17.7 Å². The molecule has 1 N–H and O–H groups in total. The van der Waals surface area contributed by atoms with E-state index in [1.54, 1.807) is 6.07 Å². The van der Waals surface area contributed by atoms with Gasteiger partial charge in [0.25, 0.3) is 5.56 Å². The fraction of sp³-hybridized carbons (Fsp3) is 0.190. The van der Waals surface area contributed by atoms with Crippen molar-refractivity contribution in [2.24, 2.45) is 7.05 Å².